The van der Waals surface area contributed by atoms with E-state index in [-0.39, 0.29) is 24.8 Å². The number of hydrogen-bond donors (Lipinski definition) is 2. The van der Waals surface area contributed by atoms with Crippen LogP contribution in [-0.2, 0) is 14.3 Å². The maximum atomic E-state index is 11.7. The minimum atomic E-state index is -0.591. The Morgan fingerprint density at radius 3 is 2.76 bits per heavy atom. The van der Waals surface area contributed by atoms with Crippen LogP contribution in [0.5, 0.6) is 0 Å². The molecular weight excluding hydrogens is 242 g/mol. The molecule has 0 aliphatic rings. The van der Waals surface area contributed by atoms with E-state index in [9.17, 15) is 9.59 Å². The zero-order valence-corrected chi connectivity index (χ0v) is 10.8. The Balaban J connectivity index is 4.16. The minimum absolute atomic E-state index is 0.0731. The van der Waals surface area contributed by atoms with Crippen molar-refractivity contribution in [1.29, 1.82) is 5.26 Å². The predicted molar refractivity (Wildman–Crippen MR) is 65.4 cm³/mol. The molecule has 0 aliphatic heterocycles. The molecular formula is C10H17N3O3S. The molecule has 0 aromatic rings. The Morgan fingerprint density at radius 2 is 2.24 bits per heavy atom. The highest BCUT2D eigenvalue weighted by Crippen LogP contribution is 1.98. The molecule has 0 heterocycles. The molecule has 96 valence electrons. The molecule has 0 aromatic carbocycles. The largest absolute Gasteiger partial charge is 0.375 e. The third-order valence-corrected chi connectivity index (χ3v) is 2.46. The van der Waals surface area contributed by atoms with E-state index in [1.807, 2.05) is 12.3 Å². The summed E-state index contributed by atoms with van der Waals surface area (Å²) in [5, 5.41) is 13.5. The first-order valence-electron chi connectivity index (χ1n) is 5.07. The highest BCUT2D eigenvalue weighted by molar-refractivity contribution is 7.98. The van der Waals surface area contributed by atoms with Crippen LogP contribution in [0.25, 0.3) is 0 Å². The van der Waals surface area contributed by atoms with Gasteiger partial charge in [0, 0.05) is 19.4 Å². The van der Waals surface area contributed by atoms with Crippen LogP contribution in [0, 0.1) is 11.3 Å². The zero-order chi connectivity index (χ0) is 13.1. The minimum Gasteiger partial charge on any atom is -0.375 e. The number of nitriles is 1. The van der Waals surface area contributed by atoms with Gasteiger partial charge in [-0.05, 0) is 6.26 Å². The van der Waals surface area contributed by atoms with Gasteiger partial charge in [0.05, 0.1) is 12.5 Å². The molecule has 0 aliphatic carbocycles. The Labute approximate surface area is 105 Å². The average molecular weight is 259 g/mol. The lowest BCUT2D eigenvalue weighted by atomic mass is 10.3. The van der Waals surface area contributed by atoms with E-state index in [2.05, 4.69) is 15.4 Å². The van der Waals surface area contributed by atoms with E-state index in [0.29, 0.717) is 12.3 Å². The molecule has 0 saturated heterocycles. The number of hydrogen-bond acceptors (Lipinski definition) is 5. The summed E-state index contributed by atoms with van der Waals surface area (Å²) in [6.07, 6.45) is 2.10. The van der Waals surface area contributed by atoms with E-state index in [1.165, 1.54) is 18.9 Å². The van der Waals surface area contributed by atoms with Crippen molar-refractivity contribution in [3.63, 3.8) is 0 Å². The van der Waals surface area contributed by atoms with Crippen molar-refractivity contribution in [1.82, 2.24) is 10.6 Å². The maximum Gasteiger partial charge on any atom is 0.246 e. The molecule has 1 atom stereocenters. The molecule has 2 N–H and O–H groups in total. The smallest absolute Gasteiger partial charge is 0.246 e. The fraction of sp³-hybridized carbons (Fsp3) is 0.700. The predicted octanol–water partition coefficient (Wildman–Crippen LogP) is -0.490. The summed E-state index contributed by atoms with van der Waals surface area (Å²) < 4.78 is 4.67. The van der Waals surface area contributed by atoms with Crippen molar-refractivity contribution in [2.75, 3.05) is 32.3 Å². The lowest BCUT2D eigenvalue weighted by Crippen LogP contribution is -2.49. The van der Waals surface area contributed by atoms with E-state index < -0.39 is 6.04 Å². The number of amides is 2. The molecule has 0 saturated carbocycles. The highest BCUT2D eigenvalue weighted by atomic mass is 32.2. The van der Waals surface area contributed by atoms with Crippen LogP contribution in [0.3, 0.4) is 0 Å². The van der Waals surface area contributed by atoms with Crippen LogP contribution < -0.4 is 10.6 Å². The molecule has 0 spiro atoms. The van der Waals surface area contributed by atoms with Gasteiger partial charge in [-0.3, -0.25) is 9.59 Å². The number of thioether (sulfide) groups is 1. The Kier molecular flexibility index (Phi) is 9.19. The molecule has 0 rings (SSSR count). The van der Waals surface area contributed by atoms with Crippen molar-refractivity contribution in [3.05, 3.63) is 0 Å². The van der Waals surface area contributed by atoms with Gasteiger partial charge in [0.15, 0.2) is 0 Å². The number of nitrogens with zero attached hydrogens (tertiary/aromatic N) is 1. The van der Waals surface area contributed by atoms with Gasteiger partial charge in [-0.25, -0.2) is 0 Å². The van der Waals surface area contributed by atoms with Gasteiger partial charge >= 0.3 is 0 Å². The summed E-state index contributed by atoms with van der Waals surface area (Å²) in [6.45, 7) is 0.219. The van der Waals surface area contributed by atoms with Crippen molar-refractivity contribution in [2.45, 2.75) is 12.5 Å². The van der Waals surface area contributed by atoms with Crippen LogP contribution >= 0.6 is 11.8 Å². The summed E-state index contributed by atoms with van der Waals surface area (Å²) >= 11 is 1.46. The van der Waals surface area contributed by atoms with Gasteiger partial charge in [-0.15, -0.1) is 0 Å². The number of methoxy groups -OCH3 is 1. The highest BCUT2D eigenvalue weighted by Gasteiger charge is 2.19. The SMILES string of the molecule is COCC(=O)NC(CSC)C(=O)NCCC#N. The van der Waals surface area contributed by atoms with Crippen LogP contribution in [0.4, 0.5) is 0 Å². The number of carbonyl (C=O) groups is 2. The maximum absolute atomic E-state index is 11.7. The first-order chi connectivity index (χ1) is 8.15. The van der Waals surface area contributed by atoms with E-state index in [0.717, 1.165) is 0 Å². The normalized spacial score (nSPS) is 11.4. The summed E-state index contributed by atoms with van der Waals surface area (Å²) in [4.78, 5) is 22.9. The Morgan fingerprint density at radius 1 is 1.53 bits per heavy atom. The fourth-order valence-corrected chi connectivity index (χ4v) is 1.65. The standard InChI is InChI=1S/C10H17N3O3S/c1-16-6-9(14)13-8(7-17-2)10(15)12-5-3-4-11/h8H,3,5-7H2,1-2H3,(H,12,15)(H,13,14). The number of ether oxygens (including phenoxy) is 1. The molecule has 1 unspecified atom stereocenters. The van der Waals surface area contributed by atoms with Gasteiger partial charge in [-0.1, -0.05) is 0 Å². The summed E-state index contributed by atoms with van der Waals surface area (Å²) in [5.41, 5.74) is 0. The Hall–Kier alpha value is -1.26. The second-order valence-corrected chi connectivity index (χ2v) is 4.12. The average Bonchev–Trinajstić information content (AvgIpc) is 2.29. The first kappa shape index (κ1) is 15.7. The van der Waals surface area contributed by atoms with Crippen molar-refractivity contribution in [2.24, 2.45) is 0 Å². The molecule has 2 amide bonds. The third-order valence-electron chi connectivity index (χ3n) is 1.80. The molecule has 0 radical (unpaired) electrons. The second-order valence-electron chi connectivity index (χ2n) is 3.21. The van der Waals surface area contributed by atoms with Crippen LogP contribution in [0.1, 0.15) is 6.42 Å². The molecule has 0 aromatic heterocycles. The lowest BCUT2D eigenvalue weighted by molar-refractivity contribution is -0.130. The fourth-order valence-electron chi connectivity index (χ4n) is 1.08. The van der Waals surface area contributed by atoms with Crippen LogP contribution in [-0.4, -0.2) is 50.1 Å². The number of nitrogens with one attached hydrogen (secondary N) is 2. The summed E-state index contributed by atoms with van der Waals surface area (Å²) in [5.74, 6) is -0.130. The van der Waals surface area contributed by atoms with Crippen molar-refractivity contribution >= 4 is 23.6 Å². The quantitative estimate of drug-likeness (QED) is 0.574. The molecule has 6 nitrogen and oxygen atoms in total. The van der Waals surface area contributed by atoms with E-state index >= 15 is 0 Å². The first-order valence-corrected chi connectivity index (χ1v) is 6.47. The Bertz CT molecular complexity index is 291. The van der Waals surface area contributed by atoms with Gasteiger partial charge in [0.1, 0.15) is 12.6 Å². The molecule has 7 heteroatoms. The van der Waals surface area contributed by atoms with Gasteiger partial charge in [-0.2, -0.15) is 17.0 Å². The van der Waals surface area contributed by atoms with Gasteiger partial charge < -0.3 is 15.4 Å². The number of carbonyl (C=O) groups excluding carboxylic acids is 2. The van der Waals surface area contributed by atoms with Gasteiger partial charge in [0.25, 0.3) is 0 Å². The summed E-state index contributed by atoms with van der Waals surface area (Å²) in [7, 11) is 1.41. The molecule has 0 fully saturated rings. The third kappa shape index (κ3) is 7.60. The van der Waals surface area contributed by atoms with Gasteiger partial charge in [0.2, 0.25) is 11.8 Å². The van der Waals surface area contributed by atoms with E-state index in [1.54, 1.807) is 0 Å². The van der Waals surface area contributed by atoms with Crippen LogP contribution in [0.15, 0.2) is 0 Å². The molecule has 17 heavy (non-hydrogen) atoms. The summed E-state index contributed by atoms with van der Waals surface area (Å²) in [6, 6.07) is 1.34. The topological polar surface area (TPSA) is 91.2 Å². The number of rotatable bonds is 8. The van der Waals surface area contributed by atoms with Crippen molar-refractivity contribution in [3.8, 4) is 6.07 Å². The molecule has 0 bridgehead atoms. The second kappa shape index (κ2) is 9.93. The van der Waals surface area contributed by atoms with Crippen molar-refractivity contribution < 1.29 is 14.3 Å². The van der Waals surface area contributed by atoms with Crippen LogP contribution in [0.2, 0.25) is 0 Å². The monoisotopic (exact) mass is 259 g/mol. The lowest BCUT2D eigenvalue weighted by Gasteiger charge is -2.16. The van der Waals surface area contributed by atoms with E-state index in [4.69, 9.17) is 5.26 Å². The zero-order valence-electron chi connectivity index (χ0n) is 9.99.